The summed E-state index contributed by atoms with van der Waals surface area (Å²) < 4.78 is 6.63. The summed E-state index contributed by atoms with van der Waals surface area (Å²) in [6.45, 7) is 2.09. The molecule has 6 heteroatoms. The molecular formula is C13H16N4O2. The van der Waals surface area contributed by atoms with E-state index in [1.807, 2.05) is 24.4 Å². The first-order chi connectivity index (χ1) is 9.22. The maximum absolute atomic E-state index is 11.7. The van der Waals surface area contributed by atoms with Crippen molar-refractivity contribution in [2.75, 3.05) is 7.11 Å². The van der Waals surface area contributed by atoms with E-state index in [4.69, 9.17) is 4.74 Å². The van der Waals surface area contributed by atoms with Crippen molar-refractivity contribution >= 4 is 5.91 Å². The van der Waals surface area contributed by atoms with Crippen molar-refractivity contribution in [3.05, 3.63) is 42.4 Å². The van der Waals surface area contributed by atoms with Crippen LogP contribution in [0.1, 0.15) is 12.5 Å². The van der Waals surface area contributed by atoms with Gasteiger partial charge in [0, 0.05) is 37.8 Å². The zero-order valence-electron chi connectivity index (χ0n) is 10.9. The summed E-state index contributed by atoms with van der Waals surface area (Å²) in [4.78, 5) is 15.9. The number of methoxy groups -OCH3 is 1. The number of pyridine rings is 1. The molecule has 0 saturated heterocycles. The van der Waals surface area contributed by atoms with Crippen LogP contribution in [0.25, 0.3) is 5.82 Å². The molecule has 1 atom stereocenters. The summed E-state index contributed by atoms with van der Waals surface area (Å²) in [7, 11) is 1.50. The first kappa shape index (κ1) is 13.2. The maximum Gasteiger partial charge on any atom is 0.249 e. The Hall–Kier alpha value is -2.21. The minimum Gasteiger partial charge on any atom is -0.372 e. The highest BCUT2D eigenvalue weighted by molar-refractivity contribution is 5.80. The van der Waals surface area contributed by atoms with Crippen molar-refractivity contribution in [2.45, 2.75) is 19.6 Å². The highest BCUT2D eigenvalue weighted by Gasteiger charge is 2.12. The van der Waals surface area contributed by atoms with E-state index in [9.17, 15) is 4.79 Å². The number of hydrogen-bond acceptors (Lipinski definition) is 4. The van der Waals surface area contributed by atoms with E-state index >= 15 is 0 Å². The quantitative estimate of drug-likeness (QED) is 0.868. The van der Waals surface area contributed by atoms with Crippen LogP contribution in [0.2, 0.25) is 0 Å². The van der Waals surface area contributed by atoms with Gasteiger partial charge in [-0.15, -0.1) is 0 Å². The third-order valence-electron chi connectivity index (χ3n) is 2.76. The molecule has 6 nitrogen and oxygen atoms in total. The van der Waals surface area contributed by atoms with Gasteiger partial charge in [-0.05, 0) is 19.1 Å². The second kappa shape index (κ2) is 6.10. The van der Waals surface area contributed by atoms with Crippen LogP contribution < -0.4 is 5.32 Å². The van der Waals surface area contributed by atoms with Crippen LogP contribution in [-0.2, 0) is 16.1 Å². The Labute approximate surface area is 111 Å². The molecule has 2 heterocycles. The van der Waals surface area contributed by atoms with Gasteiger partial charge in [-0.25, -0.2) is 9.67 Å². The highest BCUT2D eigenvalue weighted by atomic mass is 16.5. The molecule has 1 amide bonds. The van der Waals surface area contributed by atoms with E-state index in [1.165, 1.54) is 7.11 Å². The van der Waals surface area contributed by atoms with E-state index in [1.54, 1.807) is 24.0 Å². The minimum absolute atomic E-state index is 0.155. The van der Waals surface area contributed by atoms with Gasteiger partial charge >= 0.3 is 0 Å². The first-order valence-corrected chi connectivity index (χ1v) is 5.97. The molecule has 0 aliphatic carbocycles. The molecule has 0 saturated carbocycles. The van der Waals surface area contributed by atoms with Gasteiger partial charge < -0.3 is 10.1 Å². The molecule has 0 bridgehead atoms. The lowest BCUT2D eigenvalue weighted by molar-refractivity contribution is -0.130. The Kier molecular flexibility index (Phi) is 4.25. The summed E-state index contributed by atoms with van der Waals surface area (Å²) in [6, 6.07) is 5.56. The number of ether oxygens (including phenoxy) is 1. The molecule has 19 heavy (non-hydrogen) atoms. The number of hydrogen-bond donors (Lipinski definition) is 1. The third kappa shape index (κ3) is 3.17. The van der Waals surface area contributed by atoms with Crippen LogP contribution in [0.15, 0.2) is 36.8 Å². The van der Waals surface area contributed by atoms with Crippen LogP contribution >= 0.6 is 0 Å². The van der Waals surface area contributed by atoms with E-state index in [0.717, 1.165) is 5.56 Å². The van der Waals surface area contributed by atoms with Crippen molar-refractivity contribution in [3.63, 3.8) is 0 Å². The van der Waals surface area contributed by atoms with E-state index in [0.29, 0.717) is 12.4 Å². The number of nitrogens with zero attached hydrogens (tertiary/aromatic N) is 3. The van der Waals surface area contributed by atoms with Gasteiger partial charge in [0.25, 0.3) is 0 Å². The lowest BCUT2D eigenvalue weighted by atomic mass is 10.2. The summed E-state index contributed by atoms with van der Waals surface area (Å²) in [6.07, 6.45) is 4.72. The van der Waals surface area contributed by atoms with Gasteiger partial charge in [-0.1, -0.05) is 6.07 Å². The van der Waals surface area contributed by atoms with Crippen LogP contribution in [0.4, 0.5) is 0 Å². The Balaban J connectivity index is 2.11. The summed E-state index contributed by atoms with van der Waals surface area (Å²) >= 11 is 0. The molecule has 0 aliphatic rings. The normalized spacial score (nSPS) is 12.1. The fourth-order valence-electron chi connectivity index (χ4n) is 1.60. The topological polar surface area (TPSA) is 69.0 Å². The number of aromatic nitrogens is 3. The molecule has 2 rings (SSSR count). The molecule has 0 fully saturated rings. The molecule has 0 aromatic carbocycles. The van der Waals surface area contributed by atoms with Gasteiger partial charge in [0.1, 0.15) is 6.10 Å². The van der Waals surface area contributed by atoms with Crippen LogP contribution in [0.5, 0.6) is 0 Å². The van der Waals surface area contributed by atoms with E-state index in [-0.39, 0.29) is 5.91 Å². The number of amides is 1. The molecule has 2 aromatic heterocycles. The predicted octanol–water partition coefficient (Wildman–Crippen LogP) is 0.918. The molecule has 1 N–H and O–H groups in total. The highest BCUT2D eigenvalue weighted by Crippen LogP contribution is 2.09. The summed E-state index contributed by atoms with van der Waals surface area (Å²) in [5.74, 6) is 0.552. The Morgan fingerprint density at radius 1 is 1.47 bits per heavy atom. The van der Waals surface area contributed by atoms with Crippen molar-refractivity contribution in [1.29, 1.82) is 0 Å². The standard InChI is InChI=1S/C13H16N4O2/c1-10(19-2)13(18)15-9-11-5-3-6-14-12(11)17-8-4-7-16-17/h3-8,10H,9H2,1-2H3,(H,15,18)/t10-/m0/s1. The van der Waals surface area contributed by atoms with Crippen molar-refractivity contribution in [2.24, 2.45) is 0 Å². The monoisotopic (exact) mass is 260 g/mol. The molecule has 0 unspecified atom stereocenters. The van der Waals surface area contributed by atoms with Crippen molar-refractivity contribution in [3.8, 4) is 5.82 Å². The second-order valence-electron chi connectivity index (χ2n) is 4.03. The average Bonchev–Trinajstić information content (AvgIpc) is 2.98. The maximum atomic E-state index is 11.7. The second-order valence-corrected chi connectivity index (χ2v) is 4.03. The van der Waals surface area contributed by atoms with Gasteiger partial charge in [-0.3, -0.25) is 4.79 Å². The zero-order chi connectivity index (χ0) is 13.7. The fourth-order valence-corrected chi connectivity index (χ4v) is 1.60. The SMILES string of the molecule is CO[C@@H](C)C(=O)NCc1cccnc1-n1cccn1. The van der Waals surface area contributed by atoms with E-state index in [2.05, 4.69) is 15.4 Å². The van der Waals surface area contributed by atoms with Gasteiger partial charge in [0.05, 0.1) is 0 Å². The molecule has 100 valence electrons. The average molecular weight is 260 g/mol. The van der Waals surface area contributed by atoms with Gasteiger partial charge in [0.15, 0.2) is 5.82 Å². The minimum atomic E-state index is -0.468. The van der Waals surface area contributed by atoms with Crippen molar-refractivity contribution < 1.29 is 9.53 Å². The largest absolute Gasteiger partial charge is 0.372 e. The first-order valence-electron chi connectivity index (χ1n) is 5.97. The summed E-state index contributed by atoms with van der Waals surface area (Å²) in [5.41, 5.74) is 0.892. The van der Waals surface area contributed by atoms with E-state index < -0.39 is 6.10 Å². The number of carbonyl (C=O) groups excluding carboxylic acids is 1. The zero-order valence-corrected chi connectivity index (χ0v) is 10.9. The van der Waals surface area contributed by atoms with Crippen molar-refractivity contribution in [1.82, 2.24) is 20.1 Å². The predicted molar refractivity (Wildman–Crippen MR) is 69.7 cm³/mol. The molecule has 0 radical (unpaired) electrons. The van der Waals surface area contributed by atoms with Crippen LogP contribution in [-0.4, -0.2) is 33.9 Å². The van der Waals surface area contributed by atoms with Gasteiger partial charge in [0.2, 0.25) is 5.91 Å². The Morgan fingerprint density at radius 3 is 3.00 bits per heavy atom. The van der Waals surface area contributed by atoms with Crippen LogP contribution in [0.3, 0.4) is 0 Å². The number of carbonyl (C=O) groups is 1. The molecule has 0 aliphatic heterocycles. The molecular weight excluding hydrogens is 244 g/mol. The summed E-state index contributed by atoms with van der Waals surface area (Å²) in [5, 5.41) is 6.95. The number of nitrogens with one attached hydrogen (secondary N) is 1. The molecule has 2 aromatic rings. The lowest BCUT2D eigenvalue weighted by Crippen LogP contribution is -2.33. The fraction of sp³-hybridized carbons (Fsp3) is 0.308. The Morgan fingerprint density at radius 2 is 2.32 bits per heavy atom. The Bertz CT molecular complexity index is 539. The lowest BCUT2D eigenvalue weighted by Gasteiger charge is -2.12. The smallest absolute Gasteiger partial charge is 0.249 e. The third-order valence-corrected chi connectivity index (χ3v) is 2.76. The molecule has 0 spiro atoms. The van der Waals surface area contributed by atoms with Crippen LogP contribution in [0, 0.1) is 0 Å². The number of rotatable bonds is 5. The van der Waals surface area contributed by atoms with Gasteiger partial charge in [-0.2, -0.15) is 5.10 Å².